The zero-order valence-electron chi connectivity index (χ0n) is 23.8. The second kappa shape index (κ2) is 12.9. The van der Waals surface area contributed by atoms with Gasteiger partial charge in [-0.2, -0.15) is 5.26 Å². The van der Waals surface area contributed by atoms with E-state index in [0.717, 1.165) is 18.4 Å². The van der Waals surface area contributed by atoms with Crippen LogP contribution in [0.25, 0.3) is 0 Å². The van der Waals surface area contributed by atoms with Crippen LogP contribution in [0.4, 0.5) is 26.3 Å². The molecule has 0 spiro atoms. The lowest BCUT2D eigenvalue weighted by molar-refractivity contribution is 0.353. The largest absolute Gasteiger partial charge is 0.206 e. The van der Waals surface area contributed by atoms with Gasteiger partial charge in [-0.3, -0.25) is 0 Å². The number of nitriles is 1. The van der Waals surface area contributed by atoms with Crippen molar-refractivity contribution in [3.05, 3.63) is 104 Å². The molecule has 2 aliphatic rings. The van der Waals surface area contributed by atoms with E-state index in [1.165, 1.54) is 12.1 Å². The van der Waals surface area contributed by atoms with Gasteiger partial charge < -0.3 is 0 Å². The smallest absolute Gasteiger partial charge is 0.165 e. The molecular formula is C35H35F6N. The summed E-state index contributed by atoms with van der Waals surface area (Å²) in [5.74, 6) is -5.59. The highest BCUT2D eigenvalue weighted by Gasteiger charge is 2.34. The highest BCUT2D eigenvalue weighted by atomic mass is 19.2. The fraction of sp³-hybridized carbons (Fsp3) is 0.457. The summed E-state index contributed by atoms with van der Waals surface area (Å²) in [6.07, 6.45) is 5.91. The van der Waals surface area contributed by atoms with Gasteiger partial charge in [0, 0.05) is 5.56 Å². The summed E-state index contributed by atoms with van der Waals surface area (Å²) >= 11 is 0. The first kappa shape index (κ1) is 30.2. The van der Waals surface area contributed by atoms with Crippen molar-refractivity contribution < 1.29 is 26.3 Å². The molecule has 0 aromatic heterocycles. The molecule has 1 saturated carbocycles. The lowest BCUT2D eigenvalue weighted by Gasteiger charge is -2.32. The maximum Gasteiger partial charge on any atom is 0.165 e. The molecule has 5 rings (SSSR count). The summed E-state index contributed by atoms with van der Waals surface area (Å²) in [6, 6.07) is 9.56. The minimum atomic E-state index is -1.13. The van der Waals surface area contributed by atoms with Crippen molar-refractivity contribution >= 4 is 0 Å². The Morgan fingerprint density at radius 3 is 2.05 bits per heavy atom. The van der Waals surface area contributed by atoms with Crippen molar-refractivity contribution in [1.29, 1.82) is 5.26 Å². The molecular weight excluding hydrogens is 548 g/mol. The number of halogens is 6. The van der Waals surface area contributed by atoms with Crippen LogP contribution in [0.15, 0.2) is 30.3 Å². The van der Waals surface area contributed by atoms with Gasteiger partial charge in [-0.25, -0.2) is 26.3 Å². The molecule has 0 N–H and O–H groups in total. The van der Waals surface area contributed by atoms with Gasteiger partial charge in [0.25, 0.3) is 0 Å². The van der Waals surface area contributed by atoms with E-state index in [1.54, 1.807) is 24.3 Å². The van der Waals surface area contributed by atoms with Crippen molar-refractivity contribution in [3.63, 3.8) is 0 Å². The Bertz CT molecular complexity index is 1500. The molecule has 222 valence electrons. The summed E-state index contributed by atoms with van der Waals surface area (Å²) in [4.78, 5) is 0. The van der Waals surface area contributed by atoms with Crippen molar-refractivity contribution in [2.24, 2.45) is 5.92 Å². The van der Waals surface area contributed by atoms with E-state index >= 15 is 13.2 Å². The van der Waals surface area contributed by atoms with E-state index < -0.39 is 40.8 Å². The van der Waals surface area contributed by atoms with Crippen LogP contribution in [0.5, 0.6) is 0 Å². The molecule has 1 nitrogen and oxygen atoms in total. The minimum Gasteiger partial charge on any atom is -0.206 e. The van der Waals surface area contributed by atoms with E-state index in [2.05, 4.69) is 0 Å². The van der Waals surface area contributed by atoms with Crippen LogP contribution in [-0.4, -0.2) is 0 Å². The number of unbranched alkanes of at least 4 members (excludes halogenated alkanes) is 1. The Balaban J connectivity index is 1.26. The summed E-state index contributed by atoms with van der Waals surface area (Å²) in [5.41, 5.74) is 1.47. The standard InChI is InChI=1S/C35H35F6N/c1-2-3-4-23-12-13-24(32(38)31(23)37)7-5-20-6-16-27-28(17-20)34(40)35(41)30(33(27)39)22-10-8-21(9-11-22)25-14-15-26(19-42)29(36)18-25/h12-15,18,20-22H,2-11,16-17H2,1H3. The number of aryl methyl sites for hydroxylation is 2. The van der Waals surface area contributed by atoms with Gasteiger partial charge in [-0.15, -0.1) is 0 Å². The third-order valence-corrected chi connectivity index (χ3v) is 9.44. The third-order valence-electron chi connectivity index (χ3n) is 9.44. The predicted molar refractivity (Wildman–Crippen MR) is 150 cm³/mol. The van der Waals surface area contributed by atoms with Gasteiger partial charge in [0.05, 0.1) is 5.56 Å². The van der Waals surface area contributed by atoms with E-state index in [-0.39, 0.29) is 58.9 Å². The normalized spacial score (nSPS) is 20.3. The SMILES string of the molecule is CCCCc1ccc(CCC2CCc3c(F)c(C4CCC(c5ccc(C#N)c(F)c5)CC4)c(F)c(F)c3C2)c(F)c1F. The number of hydrogen-bond donors (Lipinski definition) is 0. The zero-order valence-corrected chi connectivity index (χ0v) is 23.8. The monoisotopic (exact) mass is 583 g/mol. The molecule has 42 heavy (non-hydrogen) atoms. The molecule has 1 unspecified atom stereocenters. The maximum atomic E-state index is 15.8. The molecule has 1 atom stereocenters. The third kappa shape index (κ3) is 5.96. The lowest BCUT2D eigenvalue weighted by Crippen LogP contribution is -2.23. The van der Waals surface area contributed by atoms with Crippen LogP contribution in [0.2, 0.25) is 0 Å². The topological polar surface area (TPSA) is 23.8 Å². The molecule has 2 aliphatic carbocycles. The number of nitrogens with zero attached hydrogens (tertiary/aromatic N) is 1. The Morgan fingerprint density at radius 2 is 1.40 bits per heavy atom. The van der Waals surface area contributed by atoms with Crippen LogP contribution >= 0.6 is 0 Å². The molecule has 0 amide bonds. The summed E-state index contributed by atoms with van der Waals surface area (Å²) in [7, 11) is 0. The van der Waals surface area contributed by atoms with Crippen molar-refractivity contribution in [2.75, 3.05) is 0 Å². The van der Waals surface area contributed by atoms with Crippen LogP contribution in [0, 0.1) is 52.2 Å². The Labute approximate surface area is 243 Å². The molecule has 0 aliphatic heterocycles. The summed E-state index contributed by atoms with van der Waals surface area (Å²) in [5, 5.41) is 8.96. The Hall–Kier alpha value is -3.27. The first-order valence-corrected chi connectivity index (χ1v) is 15.1. The summed E-state index contributed by atoms with van der Waals surface area (Å²) in [6.45, 7) is 1.99. The minimum absolute atomic E-state index is 0.00343. The van der Waals surface area contributed by atoms with E-state index in [1.807, 2.05) is 6.92 Å². The Morgan fingerprint density at radius 1 is 0.738 bits per heavy atom. The average Bonchev–Trinajstić information content (AvgIpc) is 3.00. The summed E-state index contributed by atoms with van der Waals surface area (Å²) < 4.78 is 89.9. The molecule has 1 fully saturated rings. The molecule has 0 bridgehead atoms. The average molecular weight is 584 g/mol. The van der Waals surface area contributed by atoms with Gasteiger partial charge in [-0.05, 0) is 128 Å². The van der Waals surface area contributed by atoms with Crippen LogP contribution in [0.3, 0.4) is 0 Å². The number of fused-ring (bicyclic) bond motifs is 1. The highest BCUT2D eigenvalue weighted by molar-refractivity contribution is 5.41. The van der Waals surface area contributed by atoms with Crippen molar-refractivity contribution in [2.45, 2.75) is 95.8 Å². The quantitative estimate of drug-likeness (QED) is 0.191. The van der Waals surface area contributed by atoms with Gasteiger partial charge in [0.1, 0.15) is 17.7 Å². The first-order chi connectivity index (χ1) is 20.2. The zero-order chi connectivity index (χ0) is 30.0. The molecule has 0 saturated heterocycles. The van der Waals surface area contributed by atoms with Crippen LogP contribution in [-0.2, 0) is 25.7 Å². The number of hydrogen-bond acceptors (Lipinski definition) is 1. The second-order valence-electron chi connectivity index (χ2n) is 12.0. The van der Waals surface area contributed by atoms with Gasteiger partial charge in [-0.1, -0.05) is 31.5 Å². The fourth-order valence-corrected chi connectivity index (χ4v) is 6.93. The van der Waals surface area contributed by atoms with E-state index in [9.17, 15) is 13.2 Å². The van der Waals surface area contributed by atoms with Gasteiger partial charge in [0.15, 0.2) is 23.3 Å². The lowest BCUT2D eigenvalue weighted by atomic mass is 9.73. The van der Waals surface area contributed by atoms with Gasteiger partial charge >= 0.3 is 0 Å². The molecule has 3 aromatic rings. The fourth-order valence-electron chi connectivity index (χ4n) is 6.93. The highest BCUT2D eigenvalue weighted by Crippen LogP contribution is 2.45. The van der Waals surface area contributed by atoms with E-state index in [4.69, 9.17) is 5.26 Å². The van der Waals surface area contributed by atoms with Crippen molar-refractivity contribution in [1.82, 2.24) is 0 Å². The first-order valence-electron chi connectivity index (χ1n) is 15.1. The maximum absolute atomic E-state index is 15.8. The number of rotatable bonds is 8. The van der Waals surface area contributed by atoms with Crippen LogP contribution in [0.1, 0.15) is 109 Å². The van der Waals surface area contributed by atoms with Gasteiger partial charge in [0.2, 0.25) is 0 Å². The number of benzene rings is 3. The van der Waals surface area contributed by atoms with E-state index in [0.29, 0.717) is 50.5 Å². The predicted octanol–water partition coefficient (Wildman–Crippen LogP) is 9.91. The van der Waals surface area contributed by atoms with Crippen LogP contribution < -0.4 is 0 Å². The molecule has 0 heterocycles. The molecule has 7 heteroatoms. The second-order valence-corrected chi connectivity index (χ2v) is 12.0. The van der Waals surface area contributed by atoms with Crippen molar-refractivity contribution in [3.8, 4) is 6.07 Å². The molecule has 3 aromatic carbocycles. The Kier molecular flexibility index (Phi) is 9.30. The molecule has 0 radical (unpaired) electrons.